The van der Waals surface area contributed by atoms with Gasteiger partial charge in [0.1, 0.15) is 0 Å². The zero-order valence-corrected chi connectivity index (χ0v) is 16.8. The molecular formula is C21H27ClN4O2. The number of pyridine rings is 1. The van der Waals surface area contributed by atoms with Crippen molar-refractivity contribution < 1.29 is 4.79 Å². The first-order valence-corrected chi connectivity index (χ1v) is 10.3. The Morgan fingerprint density at radius 1 is 1.07 bits per heavy atom. The fourth-order valence-electron chi connectivity index (χ4n) is 3.44. The average Bonchev–Trinajstić information content (AvgIpc) is 2.70. The number of piperidine rings is 1. The van der Waals surface area contributed by atoms with E-state index in [-0.39, 0.29) is 11.6 Å². The van der Waals surface area contributed by atoms with Crippen LogP contribution in [0.2, 0.25) is 5.02 Å². The van der Waals surface area contributed by atoms with Gasteiger partial charge in [0.05, 0.1) is 11.4 Å². The van der Waals surface area contributed by atoms with Crippen LogP contribution < -0.4 is 21.1 Å². The minimum Gasteiger partial charge on any atom is -0.370 e. The highest BCUT2D eigenvalue weighted by atomic mass is 35.5. The number of nitrogens with zero attached hydrogens (tertiary/aromatic N) is 2. The number of aromatic nitrogens is 1. The highest BCUT2D eigenvalue weighted by molar-refractivity contribution is 6.31. The van der Waals surface area contributed by atoms with Crippen LogP contribution in [0.4, 0.5) is 16.2 Å². The molecule has 1 aromatic carbocycles. The summed E-state index contributed by atoms with van der Waals surface area (Å²) < 4.78 is 1.68. The fraction of sp³-hybridized carbons (Fsp3) is 0.429. The van der Waals surface area contributed by atoms with Gasteiger partial charge in [0, 0.05) is 43.5 Å². The summed E-state index contributed by atoms with van der Waals surface area (Å²) in [6, 6.07) is 10.5. The van der Waals surface area contributed by atoms with Crippen LogP contribution in [-0.2, 0) is 6.54 Å². The third-order valence-corrected chi connectivity index (χ3v) is 5.15. The zero-order valence-electron chi connectivity index (χ0n) is 16.0. The monoisotopic (exact) mass is 402 g/mol. The molecule has 2 amide bonds. The van der Waals surface area contributed by atoms with Gasteiger partial charge >= 0.3 is 6.03 Å². The van der Waals surface area contributed by atoms with E-state index in [0.717, 1.165) is 37.3 Å². The van der Waals surface area contributed by atoms with Crippen LogP contribution in [0.1, 0.15) is 32.1 Å². The van der Waals surface area contributed by atoms with E-state index in [1.165, 1.54) is 19.3 Å². The molecule has 150 valence electrons. The Bertz CT molecular complexity index is 846. The Labute approximate surface area is 170 Å². The van der Waals surface area contributed by atoms with Crippen LogP contribution in [0.25, 0.3) is 0 Å². The maximum Gasteiger partial charge on any atom is 0.319 e. The Morgan fingerprint density at radius 2 is 1.89 bits per heavy atom. The zero-order chi connectivity index (χ0) is 19.8. The molecule has 0 spiro atoms. The molecule has 2 aromatic rings. The van der Waals surface area contributed by atoms with Gasteiger partial charge in [-0.15, -0.1) is 0 Å². The van der Waals surface area contributed by atoms with Crippen LogP contribution in [0.3, 0.4) is 0 Å². The Hall–Kier alpha value is -2.47. The molecule has 1 saturated heterocycles. The van der Waals surface area contributed by atoms with Gasteiger partial charge in [0.2, 0.25) is 5.56 Å². The van der Waals surface area contributed by atoms with Crippen LogP contribution in [-0.4, -0.2) is 30.2 Å². The van der Waals surface area contributed by atoms with Gasteiger partial charge in [-0.3, -0.25) is 4.79 Å². The molecule has 0 aliphatic carbocycles. The summed E-state index contributed by atoms with van der Waals surface area (Å²) in [7, 11) is 0. The number of halogens is 1. The number of rotatable bonds is 7. The Kier molecular flexibility index (Phi) is 7.37. The van der Waals surface area contributed by atoms with Crippen LogP contribution in [0, 0.1) is 0 Å². The standard InChI is InChI=1S/C21H27ClN4O2/c22-17-9-10-19(25-12-4-1-5-13-25)18(16-17)24-21(28)23-11-3-7-15-26-14-6-2-8-20(26)27/h2,6,8-10,14,16H,1,3-5,7,11-13,15H2,(H2,23,24,28). The van der Waals surface area contributed by atoms with Crippen LogP contribution >= 0.6 is 11.6 Å². The lowest BCUT2D eigenvalue weighted by atomic mass is 10.1. The van der Waals surface area contributed by atoms with Gasteiger partial charge in [0.25, 0.3) is 0 Å². The minimum atomic E-state index is -0.239. The molecule has 2 N–H and O–H groups in total. The van der Waals surface area contributed by atoms with E-state index in [4.69, 9.17) is 11.6 Å². The molecule has 0 radical (unpaired) electrons. The van der Waals surface area contributed by atoms with Gasteiger partial charge in [-0.1, -0.05) is 17.7 Å². The quantitative estimate of drug-likeness (QED) is 0.685. The first-order valence-electron chi connectivity index (χ1n) is 9.88. The molecule has 2 heterocycles. The summed E-state index contributed by atoms with van der Waals surface area (Å²) in [5.74, 6) is 0. The summed E-state index contributed by atoms with van der Waals surface area (Å²) in [6.45, 7) is 3.19. The number of benzene rings is 1. The summed E-state index contributed by atoms with van der Waals surface area (Å²) in [5.41, 5.74) is 1.75. The molecule has 1 aliphatic heterocycles. The first kappa shape index (κ1) is 20.3. The molecule has 3 rings (SSSR count). The van der Waals surface area contributed by atoms with E-state index < -0.39 is 0 Å². The van der Waals surface area contributed by atoms with Crippen molar-refractivity contribution in [2.75, 3.05) is 29.9 Å². The molecule has 1 aliphatic rings. The Balaban J connectivity index is 1.47. The molecule has 0 saturated carbocycles. The molecule has 1 aromatic heterocycles. The minimum absolute atomic E-state index is 0.000555. The van der Waals surface area contributed by atoms with E-state index in [0.29, 0.717) is 18.1 Å². The second-order valence-electron chi connectivity index (χ2n) is 7.03. The third kappa shape index (κ3) is 5.76. The van der Waals surface area contributed by atoms with Crippen molar-refractivity contribution in [3.63, 3.8) is 0 Å². The second-order valence-corrected chi connectivity index (χ2v) is 7.47. The lowest BCUT2D eigenvalue weighted by Crippen LogP contribution is -2.33. The summed E-state index contributed by atoms with van der Waals surface area (Å²) >= 11 is 6.14. The molecule has 28 heavy (non-hydrogen) atoms. The molecular weight excluding hydrogens is 376 g/mol. The van der Waals surface area contributed by atoms with Crippen molar-refractivity contribution in [2.24, 2.45) is 0 Å². The van der Waals surface area contributed by atoms with Gasteiger partial charge in [-0.05, 0) is 56.4 Å². The molecule has 0 atom stereocenters. The van der Waals surface area contributed by atoms with Crippen molar-refractivity contribution in [1.29, 1.82) is 0 Å². The maximum atomic E-state index is 12.3. The molecule has 0 unspecified atom stereocenters. The number of urea groups is 1. The number of unbranched alkanes of at least 4 members (excludes halogenated alkanes) is 1. The maximum absolute atomic E-state index is 12.3. The van der Waals surface area contributed by atoms with Gasteiger partial charge in [0.15, 0.2) is 0 Å². The largest absolute Gasteiger partial charge is 0.370 e. The lowest BCUT2D eigenvalue weighted by molar-refractivity contribution is 0.252. The van der Waals surface area contributed by atoms with Crippen LogP contribution in [0.5, 0.6) is 0 Å². The van der Waals surface area contributed by atoms with E-state index in [1.54, 1.807) is 29.0 Å². The van der Waals surface area contributed by atoms with Gasteiger partial charge < -0.3 is 20.1 Å². The predicted octanol–water partition coefficient (Wildman–Crippen LogP) is 4.09. The second kappa shape index (κ2) is 10.2. The van der Waals surface area contributed by atoms with Crippen molar-refractivity contribution in [2.45, 2.75) is 38.6 Å². The molecule has 0 bridgehead atoms. The molecule has 6 nitrogen and oxygen atoms in total. The smallest absolute Gasteiger partial charge is 0.319 e. The van der Waals surface area contributed by atoms with Crippen molar-refractivity contribution >= 4 is 29.0 Å². The summed E-state index contributed by atoms with van der Waals surface area (Å²) in [5, 5.41) is 6.42. The van der Waals surface area contributed by atoms with Crippen molar-refractivity contribution in [3.8, 4) is 0 Å². The third-order valence-electron chi connectivity index (χ3n) is 4.91. The van der Waals surface area contributed by atoms with Gasteiger partial charge in [-0.25, -0.2) is 4.79 Å². The number of aryl methyl sites for hydroxylation is 1. The number of anilines is 2. The SMILES string of the molecule is O=C(NCCCCn1ccccc1=O)Nc1cc(Cl)ccc1N1CCCCC1. The van der Waals surface area contributed by atoms with E-state index in [2.05, 4.69) is 15.5 Å². The fourth-order valence-corrected chi connectivity index (χ4v) is 3.61. The molecule has 1 fully saturated rings. The first-order chi connectivity index (χ1) is 13.6. The summed E-state index contributed by atoms with van der Waals surface area (Å²) in [4.78, 5) is 26.3. The highest BCUT2D eigenvalue weighted by Gasteiger charge is 2.16. The lowest BCUT2D eigenvalue weighted by Gasteiger charge is -2.30. The van der Waals surface area contributed by atoms with Gasteiger partial charge in [-0.2, -0.15) is 0 Å². The number of hydrogen-bond donors (Lipinski definition) is 2. The van der Waals surface area contributed by atoms with Crippen molar-refractivity contribution in [1.82, 2.24) is 9.88 Å². The predicted molar refractivity (Wildman–Crippen MR) is 114 cm³/mol. The van der Waals surface area contributed by atoms with E-state index in [1.807, 2.05) is 18.2 Å². The number of hydrogen-bond acceptors (Lipinski definition) is 3. The Morgan fingerprint density at radius 3 is 2.68 bits per heavy atom. The average molecular weight is 403 g/mol. The van der Waals surface area contributed by atoms with E-state index >= 15 is 0 Å². The van der Waals surface area contributed by atoms with Crippen LogP contribution in [0.15, 0.2) is 47.4 Å². The normalized spacial score (nSPS) is 14.0. The highest BCUT2D eigenvalue weighted by Crippen LogP contribution is 2.31. The number of amides is 2. The number of carbonyl (C=O) groups is 1. The summed E-state index contributed by atoms with van der Waals surface area (Å²) in [6.07, 6.45) is 6.98. The number of carbonyl (C=O) groups excluding carboxylic acids is 1. The van der Waals surface area contributed by atoms with Crippen molar-refractivity contribution in [3.05, 3.63) is 58.0 Å². The van der Waals surface area contributed by atoms with E-state index in [9.17, 15) is 9.59 Å². The molecule has 7 heteroatoms. The topological polar surface area (TPSA) is 66.4 Å². The number of nitrogens with one attached hydrogen (secondary N) is 2.